The summed E-state index contributed by atoms with van der Waals surface area (Å²) in [4.78, 5) is 28.7. The van der Waals surface area contributed by atoms with Gasteiger partial charge in [-0.25, -0.2) is 0 Å². The summed E-state index contributed by atoms with van der Waals surface area (Å²) >= 11 is 1.59. The molecule has 0 saturated carbocycles. The third-order valence-electron chi connectivity index (χ3n) is 5.87. The predicted molar refractivity (Wildman–Crippen MR) is 146 cm³/mol. The van der Waals surface area contributed by atoms with Gasteiger partial charge in [-0.05, 0) is 37.0 Å². The lowest BCUT2D eigenvalue weighted by molar-refractivity contribution is -0.139. The number of amides is 2. The number of nitrogens with zero attached hydrogens (tertiary/aromatic N) is 1. The number of benzene rings is 3. The van der Waals surface area contributed by atoms with Gasteiger partial charge in [0.2, 0.25) is 11.8 Å². The lowest BCUT2D eigenvalue weighted by Crippen LogP contribution is -2.51. The standard InChI is InChI=1S/C30H36N2O2S/c1-4-17-31-30(34)28(19-25-10-6-5-7-11-25)32(20-27-12-8-9-24(3)18-27)29(33)22-35-21-26-15-13-23(2)14-16-26/h5-16,18,28H,4,17,19-22H2,1-3H3,(H,31,34). The number of carbonyl (C=O) groups excluding carboxylic acids is 2. The molecule has 1 N–H and O–H groups in total. The third kappa shape index (κ3) is 8.59. The van der Waals surface area contributed by atoms with E-state index in [0.29, 0.717) is 25.3 Å². The molecule has 0 heterocycles. The average molecular weight is 489 g/mol. The summed E-state index contributed by atoms with van der Waals surface area (Å²) in [5.74, 6) is 0.971. The topological polar surface area (TPSA) is 49.4 Å². The largest absolute Gasteiger partial charge is 0.354 e. The number of hydrogen-bond acceptors (Lipinski definition) is 3. The van der Waals surface area contributed by atoms with E-state index < -0.39 is 6.04 Å². The number of thioether (sulfide) groups is 1. The lowest BCUT2D eigenvalue weighted by atomic mass is 10.0. The van der Waals surface area contributed by atoms with Crippen LogP contribution in [0.25, 0.3) is 0 Å². The van der Waals surface area contributed by atoms with Gasteiger partial charge in [0.1, 0.15) is 6.04 Å². The molecule has 184 valence electrons. The first-order chi connectivity index (χ1) is 17.0. The molecule has 3 aromatic rings. The van der Waals surface area contributed by atoms with Gasteiger partial charge in [0.25, 0.3) is 0 Å². The molecule has 5 heteroatoms. The van der Waals surface area contributed by atoms with Crippen LogP contribution in [0.4, 0.5) is 0 Å². The first-order valence-electron chi connectivity index (χ1n) is 12.3. The van der Waals surface area contributed by atoms with Crippen LogP contribution in [0.15, 0.2) is 78.9 Å². The van der Waals surface area contributed by atoms with Gasteiger partial charge in [0.15, 0.2) is 0 Å². The van der Waals surface area contributed by atoms with Crippen LogP contribution in [0, 0.1) is 13.8 Å². The smallest absolute Gasteiger partial charge is 0.243 e. The fourth-order valence-corrected chi connectivity index (χ4v) is 4.82. The normalized spacial score (nSPS) is 11.6. The first kappa shape index (κ1) is 26.6. The Hall–Kier alpha value is -3.05. The van der Waals surface area contributed by atoms with Crippen molar-refractivity contribution in [3.8, 4) is 0 Å². The molecular formula is C30H36N2O2S. The van der Waals surface area contributed by atoms with Crippen molar-refractivity contribution in [2.75, 3.05) is 12.3 Å². The summed E-state index contributed by atoms with van der Waals surface area (Å²) in [6.45, 7) is 7.15. The second kappa shape index (κ2) is 13.7. The summed E-state index contributed by atoms with van der Waals surface area (Å²) in [6.07, 6.45) is 1.33. The molecular weight excluding hydrogens is 452 g/mol. The number of carbonyl (C=O) groups is 2. The molecule has 0 fully saturated rings. The minimum atomic E-state index is -0.572. The van der Waals surface area contributed by atoms with Gasteiger partial charge in [0, 0.05) is 25.3 Å². The number of aryl methyl sites for hydroxylation is 2. The molecule has 4 nitrogen and oxygen atoms in total. The van der Waals surface area contributed by atoms with Gasteiger partial charge in [-0.1, -0.05) is 96.9 Å². The lowest BCUT2D eigenvalue weighted by Gasteiger charge is -2.31. The molecule has 0 aliphatic heterocycles. The molecule has 0 aliphatic rings. The Bertz CT molecular complexity index is 1080. The number of rotatable bonds is 12. The van der Waals surface area contributed by atoms with Crippen molar-refractivity contribution >= 4 is 23.6 Å². The zero-order valence-electron chi connectivity index (χ0n) is 21.0. The van der Waals surface area contributed by atoms with Crippen molar-refractivity contribution < 1.29 is 9.59 Å². The van der Waals surface area contributed by atoms with Crippen LogP contribution < -0.4 is 5.32 Å². The second-order valence-corrected chi connectivity index (χ2v) is 9.97. The van der Waals surface area contributed by atoms with Crippen molar-refractivity contribution in [2.24, 2.45) is 0 Å². The molecule has 1 unspecified atom stereocenters. The number of hydrogen-bond donors (Lipinski definition) is 1. The Balaban J connectivity index is 1.82. The van der Waals surface area contributed by atoms with Crippen LogP contribution in [-0.4, -0.2) is 35.1 Å². The van der Waals surface area contributed by atoms with E-state index in [1.807, 2.05) is 62.4 Å². The van der Waals surface area contributed by atoms with E-state index in [4.69, 9.17) is 0 Å². The average Bonchev–Trinajstić information content (AvgIpc) is 2.86. The van der Waals surface area contributed by atoms with E-state index >= 15 is 0 Å². The van der Waals surface area contributed by atoms with Crippen molar-refractivity contribution in [3.05, 3.63) is 107 Å². The van der Waals surface area contributed by atoms with Gasteiger partial charge in [-0.3, -0.25) is 9.59 Å². The third-order valence-corrected chi connectivity index (χ3v) is 6.86. The highest BCUT2D eigenvalue weighted by Gasteiger charge is 2.30. The molecule has 0 aliphatic carbocycles. The molecule has 3 rings (SSSR count). The Morgan fingerprint density at radius 1 is 0.857 bits per heavy atom. The van der Waals surface area contributed by atoms with Crippen LogP contribution in [0.2, 0.25) is 0 Å². The number of nitrogens with one attached hydrogen (secondary N) is 1. The SMILES string of the molecule is CCCNC(=O)C(Cc1ccccc1)N(Cc1cccc(C)c1)C(=O)CSCc1ccc(C)cc1. The Kier molecular flexibility index (Phi) is 10.4. The van der Waals surface area contributed by atoms with E-state index in [2.05, 4.69) is 42.6 Å². The second-order valence-electron chi connectivity index (χ2n) is 8.99. The highest BCUT2D eigenvalue weighted by Crippen LogP contribution is 2.19. The van der Waals surface area contributed by atoms with E-state index in [1.54, 1.807) is 16.7 Å². The van der Waals surface area contributed by atoms with Crippen molar-refractivity contribution in [2.45, 2.75) is 52.0 Å². The van der Waals surface area contributed by atoms with Crippen LogP contribution >= 0.6 is 11.8 Å². The van der Waals surface area contributed by atoms with E-state index in [0.717, 1.165) is 28.9 Å². The zero-order valence-corrected chi connectivity index (χ0v) is 21.8. The zero-order chi connectivity index (χ0) is 25.0. The van der Waals surface area contributed by atoms with Crippen LogP contribution in [0.3, 0.4) is 0 Å². The van der Waals surface area contributed by atoms with Crippen LogP contribution in [0.5, 0.6) is 0 Å². The molecule has 0 bridgehead atoms. The summed E-state index contributed by atoms with van der Waals surface area (Å²) < 4.78 is 0. The van der Waals surface area contributed by atoms with E-state index in [-0.39, 0.29) is 11.8 Å². The van der Waals surface area contributed by atoms with Crippen molar-refractivity contribution in [1.82, 2.24) is 10.2 Å². The van der Waals surface area contributed by atoms with E-state index in [1.165, 1.54) is 11.1 Å². The molecule has 0 saturated heterocycles. The Morgan fingerprint density at radius 3 is 2.26 bits per heavy atom. The summed E-state index contributed by atoms with van der Waals surface area (Å²) in [5.41, 5.74) is 5.63. The minimum absolute atomic E-state index is 0.0174. The van der Waals surface area contributed by atoms with Crippen LogP contribution in [0.1, 0.15) is 41.2 Å². The molecule has 0 aromatic heterocycles. The van der Waals surface area contributed by atoms with Gasteiger partial charge >= 0.3 is 0 Å². The molecule has 3 aromatic carbocycles. The Labute approximate surface area is 214 Å². The molecule has 2 amide bonds. The summed E-state index contributed by atoms with van der Waals surface area (Å²) in [6, 6.07) is 25.9. The quantitative estimate of drug-likeness (QED) is 0.356. The fourth-order valence-electron chi connectivity index (χ4n) is 3.95. The maximum absolute atomic E-state index is 13.6. The Morgan fingerprint density at radius 2 is 1.57 bits per heavy atom. The summed E-state index contributed by atoms with van der Waals surface area (Å²) in [7, 11) is 0. The monoisotopic (exact) mass is 488 g/mol. The highest BCUT2D eigenvalue weighted by molar-refractivity contribution is 7.99. The predicted octanol–water partition coefficient (Wildman–Crippen LogP) is 5.70. The van der Waals surface area contributed by atoms with Gasteiger partial charge < -0.3 is 10.2 Å². The van der Waals surface area contributed by atoms with Gasteiger partial charge in [-0.15, -0.1) is 11.8 Å². The van der Waals surface area contributed by atoms with E-state index in [9.17, 15) is 9.59 Å². The molecule has 1 atom stereocenters. The van der Waals surface area contributed by atoms with Gasteiger partial charge in [0.05, 0.1) is 5.75 Å². The van der Waals surface area contributed by atoms with Crippen molar-refractivity contribution in [3.63, 3.8) is 0 Å². The van der Waals surface area contributed by atoms with Crippen molar-refractivity contribution in [1.29, 1.82) is 0 Å². The van der Waals surface area contributed by atoms with Gasteiger partial charge in [-0.2, -0.15) is 0 Å². The summed E-state index contributed by atoms with van der Waals surface area (Å²) in [5, 5.41) is 3.03. The fraction of sp³-hybridized carbons (Fsp3) is 0.333. The highest BCUT2D eigenvalue weighted by atomic mass is 32.2. The molecule has 35 heavy (non-hydrogen) atoms. The minimum Gasteiger partial charge on any atom is -0.354 e. The molecule has 0 spiro atoms. The van der Waals surface area contributed by atoms with Crippen LogP contribution in [-0.2, 0) is 28.3 Å². The molecule has 0 radical (unpaired) electrons. The first-order valence-corrected chi connectivity index (χ1v) is 13.4. The maximum Gasteiger partial charge on any atom is 0.243 e. The maximum atomic E-state index is 13.6.